The summed E-state index contributed by atoms with van der Waals surface area (Å²) in [5.74, 6) is -0.550. The maximum absolute atomic E-state index is 12.6. The van der Waals surface area contributed by atoms with Crippen molar-refractivity contribution in [1.82, 2.24) is 15.0 Å². The molecule has 1 aliphatic rings. The molecule has 2 aromatic heterocycles. The predicted octanol–water partition coefficient (Wildman–Crippen LogP) is 2.74. The standard InChI is InChI=1S/C19H14N4O5/c1-28-19(25)10-7-8-13-14(9-10)21-16(18(24)22-13)15-17(23(26)27)11-5-3-2-4-6-12(11)20-15/h2-4,6-9,20H,5H2,1H3,(H,22,24). The summed E-state index contributed by atoms with van der Waals surface area (Å²) in [6.45, 7) is 0. The fourth-order valence-corrected chi connectivity index (χ4v) is 3.18. The lowest BCUT2D eigenvalue weighted by molar-refractivity contribution is -0.384. The van der Waals surface area contributed by atoms with Crippen molar-refractivity contribution in [3.8, 4) is 11.4 Å². The molecule has 140 valence electrons. The average Bonchev–Trinajstić information content (AvgIpc) is 2.89. The molecule has 0 saturated heterocycles. The van der Waals surface area contributed by atoms with Crippen molar-refractivity contribution in [2.45, 2.75) is 6.42 Å². The van der Waals surface area contributed by atoms with E-state index in [-0.39, 0.29) is 22.6 Å². The summed E-state index contributed by atoms with van der Waals surface area (Å²) in [7, 11) is 1.26. The van der Waals surface area contributed by atoms with Gasteiger partial charge in [0.25, 0.3) is 5.56 Å². The van der Waals surface area contributed by atoms with Crippen LogP contribution in [-0.2, 0) is 11.2 Å². The van der Waals surface area contributed by atoms with Crippen LogP contribution in [0.5, 0.6) is 0 Å². The van der Waals surface area contributed by atoms with E-state index in [0.29, 0.717) is 28.7 Å². The summed E-state index contributed by atoms with van der Waals surface area (Å²) in [5.41, 5.74) is 1.15. The van der Waals surface area contributed by atoms with Crippen molar-refractivity contribution in [2.75, 3.05) is 7.11 Å². The number of aromatic nitrogens is 3. The van der Waals surface area contributed by atoms with E-state index in [0.717, 1.165) is 0 Å². The van der Waals surface area contributed by atoms with Gasteiger partial charge in [0.2, 0.25) is 0 Å². The highest BCUT2D eigenvalue weighted by atomic mass is 16.6. The third-order valence-electron chi connectivity index (χ3n) is 4.47. The predicted molar refractivity (Wildman–Crippen MR) is 102 cm³/mol. The van der Waals surface area contributed by atoms with Gasteiger partial charge in [-0.3, -0.25) is 14.9 Å². The minimum atomic E-state index is -0.572. The molecule has 0 fully saturated rings. The molecule has 0 atom stereocenters. The second-order valence-corrected chi connectivity index (χ2v) is 6.13. The van der Waals surface area contributed by atoms with Gasteiger partial charge in [0.15, 0.2) is 5.69 Å². The van der Waals surface area contributed by atoms with Crippen LogP contribution < -0.4 is 5.56 Å². The minimum Gasteiger partial charge on any atom is -0.465 e. The van der Waals surface area contributed by atoms with Gasteiger partial charge in [-0.2, -0.15) is 0 Å². The molecule has 0 amide bonds. The molecule has 0 bridgehead atoms. The number of hydrogen-bond donors (Lipinski definition) is 2. The van der Waals surface area contributed by atoms with Crippen LogP contribution in [0.15, 0.2) is 41.2 Å². The molecule has 0 saturated carbocycles. The molecule has 0 radical (unpaired) electrons. The monoisotopic (exact) mass is 378 g/mol. The van der Waals surface area contributed by atoms with E-state index < -0.39 is 16.5 Å². The van der Waals surface area contributed by atoms with E-state index in [4.69, 9.17) is 4.74 Å². The highest BCUT2D eigenvalue weighted by molar-refractivity contribution is 5.93. The fourth-order valence-electron chi connectivity index (χ4n) is 3.18. The van der Waals surface area contributed by atoms with Gasteiger partial charge >= 0.3 is 11.7 Å². The van der Waals surface area contributed by atoms with Gasteiger partial charge in [-0.1, -0.05) is 18.2 Å². The zero-order valence-electron chi connectivity index (χ0n) is 14.7. The zero-order chi connectivity index (χ0) is 19.8. The number of esters is 1. The topological polar surface area (TPSA) is 131 Å². The Balaban J connectivity index is 1.96. The number of methoxy groups -OCH3 is 1. The third-order valence-corrected chi connectivity index (χ3v) is 4.47. The number of nitro groups is 1. The number of nitrogens with one attached hydrogen (secondary N) is 2. The van der Waals surface area contributed by atoms with E-state index in [2.05, 4.69) is 15.0 Å². The number of H-pyrrole nitrogens is 2. The van der Waals surface area contributed by atoms with Crippen LogP contribution in [0.25, 0.3) is 28.5 Å². The van der Waals surface area contributed by atoms with Crippen LogP contribution in [0.1, 0.15) is 21.6 Å². The number of carbonyl (C=O) groups is 1. The molecular formula is C19H14N4O5. The fraction of sp³-hybridized carbons (Fsp3) is 0.105. The highest BCUT2D eigenvalue weighted by Gasteiger charge is 2.29. The number of allylic oxidation sites excluding steroid dienone is 3. The van der Waals surface area contributed by atoms with E-state index in [1.165, 1.54) is 25.3 Å². The van der Waals surface area contributed by atoms with E-state index >= 15 is 0 Å². The maximum Gasteiger partial charge on any atom is 0.337 e. The van der Waals surface area contributed by atoms with Crippen molar-refractivity contribution in [3.63, 3.8) is 0 Å². The Morgan fingerprint density at radius 3 is 2.86 bits per heavy atom. The molecule has 9 nitrogen and oxygen atoms in total. The lowest BCUT2D eigenvalue weighted by Gasteiger charge is -2.04. The molecular weight excluding hydrogens is 364 g/mol. The van der Waals surface area contributed by atoms with Crippen molar-refractivity contribution in [3.05, 3.63) is 73.7 Å². The van der Waals surface area contributed by atoms with Gasteiger partial charge in [0, 0.05) is 5.69 Å². The molecule has 2 heterocycles. The highest BCUT2D eigenvalue weighted by Crippen LogP contribution is 2.35. The number of nitrogens with zero attached hydrogens (tertiary/aromatic N) is 2. The first-order valence-corrected chi connectivity index (χ1v) is 8.35. The summed E-state index contributed by atoms with van der Waals surface area (Å²) < 4.78 is 4.69. The minimum absolute atomic E-state index is 0.0292. The van der Waals surface area contributed by atoms with Gasteiger partial charge < -0.3 is 14.7 Å². The zero-order valence-corrected chi connectivity index (χ0v) is 14.7. The van der Waals surface area contributed by atoms with Crippen molar-refractivity contribution >= 4 is 28.8 Å². The number of aromatic amines is 2. The molecule has 9 heteroatoms. The third kappa shape index (κ3) is 2.78. The van der Waals surface area contributed by atoms with Gasteiger partial charge in [-0.25, -0.2) is 9.78 Å². The smallest absolute Gasteiger partial charge is 0.337 e. The molecule has 4 rings (SSSR count). The van der Waals surface area contributed by atoms with Crippen molar-refractivity contribution < 1.29 is 14.5 Å². The Labute approximate surface area is 157 Å². The Morgan fingerprint density at radius 1 is 1.29 bits per heavy atom. The quantitative estimate of drug-likeness (QED) is 0.409. The van der Waals surface area contributed by atoms with Crippen molar-refractivity contribution in [1.29, 1.82) is 0 Å². The number of ether oxygens (including phenoxy) is 1. The lowest BCUT2D eigenvalue weighted by Crippen LogP contribution is -2.13. The molecule has 0 aliphatic heterocycles. The lowest BCUT2D eigenvalue weighted by atomic mass is 10.1. The number of rotatable bonds is 3. The van der Waals surface area contributed by atoms with E-state index in [1.54, 1.807) is 24.3 Å². The second kappa shape index (κ2) is 6.62. The molecule has 3 aromatic rings. The second-order valence-electron chi connectivity index (χ2n) is 6.13. The SMILES string of the molecule is COC(=O)c1ccc2[nH]c(=O)c(-c3[nH]c4c(c3[N+](=O)[O-])CC=CC=C4)nc2c1. The summed E-state index contributed by atoms with van der Waals surface area (Å²) in [5, 5.41) is 11.7. The molecule has 1 aliphatic carbocycles. The number of hydrogen-bond acceptors (Lipinski definition) is 6. The number of carbonyl (C=O) groups excluding carboxylic acids is 1. The van der Waals surface area contributed by atoms with Crippen LogP contribution in [0.4, 0.5) is 5.69 Å². The van der Waals surface area contributed by atoms with Gasteiger partial charge in [-0.05, 0) is 30.7 Å². The van der Waals surface area contributed by atoms with Gasteiger partial charge in [0.1, 0.15) is 5.69 Å². The van der Waals surface area contributed by atoms with Crippen LogP contribution >= 0.6 is 0 Å². The van der Waals surface area contributed by atoms with Crippen LogP contribution in [0, 0.1) is 10.1 Å². The molecule has 1 aromatic carbocycles. The Hall–Kier alpha value is -4.01. The maximum atomic E-state index is 12.6. The van der Waals surface area contributed by atoms with Crippen LogP contribution in [0.2, 0.25) is 0 Å². The molecule has 0 unspecified atom stereocenters. The molecule has 28 heavy (non-hydrogen) atoms. The van der Waals surface area contributed by atoms with E-state index in [1.807, 2.05) is 0 Å². The normalized spacial score (nSPS) is 12.6. The van der Waals surface area contributed by atoms with Crippen LogP contribution in [0.3, 0.4) is 0 Å². The summed E-state index contributed by atoms with van der Waals surface area (Å²) in [6.07, 6.45) is 7.42. The Morgan fingerprint density at radius 2 is 2.11 bits per heavy atom. The summed E-state index contributed by atoms with van der Waals surface area (Å²) >= 11 is 0. The number of benzene rings is 1. The van der Waals surface area contributed by atoms with Gasteiger partial charge in [0.05, 0.1) is 34.2 Å². The summed E-state index contributed by atoms with van der Waals surface area (Å²) in [6, 6.07) is 4.50. The first-order valence-electron chi connectivity index (χ1n) is 8.35. The first-order chi connectivity index (χ1) is 13.5. The van der Waals surface area contributed by atoms with E-state index in [9.17, 15) is 19.7 Å². The first kappa shape index (κ1) is 17.4. The van der Waals surface area contributed by atoms with Crippen molar-refractivity contribution in [2.24, 2.45) is 0 Å². The largest absolute Gasteiger partial charge is 0.465 e. The number of fused-ring (bicyclic) bond motifs is 2. The Kier molecular flexibility index (Phi) is 4.11. The average molecular weight is 378 g/mol. The van der Waals surface area contributed by atoms with Crippen LogP contribution in [-0.4, -0.2) is 33.0 Å². The summed E-state index contributed by atoms with van der Waals surface area (Å²) in [4.78, 5) is 45.5. The molecule has 2 N–H and O–H groups in total. The Bertz CT molecular complexity index is 1250. The van der Waals surface area contributed by atoms with Gasteiger partial charge in [-0.15, -0.1) is 0 Å². The molecule has 0 spiro atoms.